The smallest absolute Gasteiger partial charge is 0.211 e. The van der Waals surface area contributed by atoms with Crippen LogP contribution in [0, 0.1) is 6.92 Å². The predicted octanol–water partition coefficient (Wildman–Crippen LogP) is -0.248. The third-order valence-corrected chi connectivity index (χ3v) is 5.37. The first kappa shape index (κ1) is 16.8. The van der Waals surface area contributed by atoms with Gasteiger partial charge in [-0.25, -0.2) is 25.4 Å². The normalized spacial score (nSPS) is 15.5. The third kappa shape index (κ3) is 5.80. The van der Waals surface area contributed by atoms with Crippen LogP contribution in [-0.2, 0) is 20.0 Å². The summed E-state index contributed by atoms with van der Waals surface area (Å²) in [5.74, 6) is 0. The summed E-state index contributed by atoms with van der Waals surface area (Å²) in [5.41, 5.74) is 0. The summed E-state index contributed by atoms with van der Waals surface area (Å²) in [6, 6.07) is -0.283. The number of nitrogens with zero attached hydrogens (tertiary/aromatic N) is 2. The molecule has 0 spiro atoms. The second-order valence-corrected chi connectivity index (χ2v) is 8.23. The fourth-order valence-electron chi connectivity index (χ4n) is 1.28. The topological polar surface area (TPSA) is 74.8 Å². The van der Waals surface area contributed by atoms with Crippen LogP contribution in [0.4, 0.5) is 0 Å². The Bertz CT molecular complexity index is 430. The van der Waals surface area contributed by atoms with E-state index in [9.17, 15) is 16.8 Å². The molecule has 1 atom stereocenters. The molecule has 0 aromatic rings. The van der Waals surface area contributed by atoms with E-state index in [2.05, 4.69) is 6.92 Å². The van der Waals surface area contributed by atoms with Crippen LogP contribution in [0.15, 0.2) is 0 Å². The van der Waals surface area contributed by atoms with Gasteiger partial charge in [-0.15, -0.1) is 0 Å². The molecule has 0 aliphatic rings. The Labute approximate surface area is 105 Å². The van der Waals surface area contributed by atoms with Crippen molar-refractivity contribution >= 4 is 20.0 Å². The van der Waals surface area contributed by atoms with Crippen LogP contribution in [0.2, 0.25) is 0 Å². The van der Waals surface area contributed by atoms with Gasteiger partial charge in [-0.3, -0.25) is 0 Å². The maximum atomic E-state index is 11.3. The molecule has 17 heavy (non-hydrogen) atoms. The SMILES string of the molecule is [CH2]CC(CCN(C)S(C)(=O)=O)N(C)S(C)(=O)=O. The van der Waals surface area contributed by atoms with Crippen molar-refractivity contribution in [3.05, 3.63) is 6.92 Å². The molecule has 0 aliphatic carbocycles. The molecule has 6 nitrogen and oxygen atoms in total. The monoisotopic (exact) mass is 285 g/mol. The molecular weight excluding hydrogens is 264 g/mol. The summed E-state index contributed by atoms with van der Waals surface area (Å²) >= 11 is 0. The maximum Gasteiger partial charge on any atom is 0.211 e. The van der Waals surface area contributed by atoms with Gasteiger partial charge in [0, 0.05) is 26.7 Å². The second kappa shape index (κ2) is 6.12. The minimum absolute atomic E-state index is 0.277. The molecule has 103 valence electrons. The Hall–Kier alpha value is -0.180. The molecule has 0 saturated carbocycles. The zero-order chi connectivity index (χ0) is 13.9. The average Bonchev–Trinajstić information content (AvgIpc) is 2.15. The fourth-order valence-corrected chi connectivity index (χ4v) is 2.46. The van der Waals surface area contributed by atoms with Gasteiger partial charge in [0.1, 0.15) is 0 Å². The van der Waals surface area contributed by atoms with Crippen LogP contribution in [0.5, 0.6) is 0 Å². The summed E-state index contributed by atoms with van der Waals surface area (Å²) in [6.45, 7) is 3.96. The first-order valence-electron chi connectivity index (χ1n) is 5.13. The van der Waals surface area contributed by atoms with Crippen molar-refractivity contribution in [2.75, 3.05) is 33.2 Å². The molecule has 0 saturated heterocycles. The van der Waals surface area contributed by atoms with E-state index >= 15 is 0 Å². The van der Waals surface area contributed by atoms with Crippen LogP contribution < -0.4 is 0 Å². The van der Waals surface area contributed by atoms with Crippen LogP contribution in [0.1, 0.15) is 12.8 Å². The van der Waals surface area contributed by atoms with Gasteiger partial charge in [0.15, 0.2) is 0 Å². The molecule has 0 heterocycles. The Morgan fingerprint density at radius 3 is 1.82 bits per heavy atom. The standard InChI is InChI=1S/C9H21N2O4S2/c1-6-9(11(3)17(5,14)15)7-8-10(2)16(4,12)13/h9H,1,6-8H2,2-5H3. The van der Waals surface area contributed by atoms with Gasteiger partial charge in [0.25, 0.3) is 0 Å². The van der Waals surface area contributed by atoms with Crippen LogP contribution in [0.3, 0.4) is 0 Å². The van der Waals surface area contributed by atoms with E-state index in [1.807, 2.05) is 0 Å². The van der Waals surface area contributed by atoms with Crippen LogP contribution in [0.25, 0.3) is 0 Å². The Morgan fingerprint density at radius 1 is 1.06 bits per heavy atom. The molecule has 0 rings (SSSR count). The minimum atomic E-state index is -3.27. The number of hydrogen-bond acceptors (Lipinski definition) is 4. The number of rotatable bonds is 7. The minimum Gasteiger partial charge on any atom is -0.213 e. The summed E-state index contributed by atoms with van der Waals surface area (Å²) in [6.07, 6.45) is 3.07. The van der Waals surface area contributed by atoms with Gasteiger partial charge >= 0.3 is 0 Å². The van der Waals surface area contributed by atoms with E-state index in [0.29, 0.717) is 12.8 Å². The van der Waals surface area contributed by atoms with E-state index in [1.165, 1.54) is 22.7 Å². The van der Waals surface area contributed by atoms with Crippen molar-refractivity contribution in [3.8, 4) is 0 Å². The van der Waals surface area contributed by atoms with Crippen molar-refractivity contribution < 1.29 is 16.8 Å². The average molecular weight is 285 g/mol. The predicted molar refractivity (Wildman–Crippen MR) is 68.5 cm³/mol. The summed E-state index contributed by atoms with van der Waals surface area (Å²) in [7, 11) is -3.55. The summed E-state index contributed by atoms with van der Waals surface area (Å²) in [4.78, 5) is 0. The molecule has 0 amide bonds. The summed E-state index contributed by atoms with van der Waals surface area (Å²) < 4.78 is 47.5. The van der Waals surface area contributed by atoms with Gasteiger partial charge in [-0.1, -0.05) is 6.92 Å². The van der Waals surface area contributed by atoms with Gasteiger partial charge in [-0.2, -0.15) is 0 Å². The molecule has 0 fully saturated rings. The maximum absolute atomic E-state index is 11.3. The first-order chi connectivity index (χ1) is 7.50. The van der Waals surface area contributed by atoms with Crippen molar-refractivity contribution in [2.24, 2.45) is 0 Å². The molecule has 0 aromatic heterocycles. The van der Waals surface area contributed by atoms with Crippen molar-refractivity contribution in [3.63, 3.8) is 0 Å². The highest BCUT2D eigenvalue weighted by Gasteiger charge is 2.22. The molecule has 0 N–H and O–H groups in total. The summed E-state index contributed by atoms with van der Waals surface area (Å²) in [5, 5.41) is 0. The molecule has 0 aromatic carbocycles. The second-order valence-electron chi connectivity index (χ2n) is 4.09. The van der Waals surface area contributed by atoms with Gasteiger partial charge in [-0.05, 0) is 12.8 Å². The third-order valence-electron chi connectivity index (χ3n) is 2.71. The molecular formula is C9H21N2O4S2. The highest BCUT2D eigenvalue weighted by atomic mass is 32.2. The lowest BCUT2D eigenvalue weighted by Gasteiger charge is -2.26. The molecule has 1 radical (unpaired) electrons. The first-order valence-corrected chi connectivity index (χ1v) is 8.83. The fraction of sp³-hybridized carbons (Fsp3) is 0.889. The quantitative estimate of drug-likeness (QED) is 0.646. The van der Waals surface area contributed by atoms with Gasteiger partial charge in [0.2, 0.25) is 20.0 Å². The van der Waals surface area contributed by atoms with Crippen molar-refractivity contribution in [1.82, 2.24) is 8.61 Å². The van der Waals surface area contributed by atoms with E-state index in [0.717, 1.165) is 12.5 Å². The van der Waals surface area contributed by atoms with Gasteiger partial charge < -0.3 is 0 Å². The molecule has 0 aliphatic heterocycles. The van der Waals surface area contributed by atoms with Gasteiger partial charge in [0.05, 0.1) is 12.5 Å². The van der Waals surface area contributed by atoms with Crippen LogP contribution >= 0.6 is 0 Å². The van der Waals surface area contributed by atoms with Crippen LogP contribution in [-0.4, -0.2) is 64.6 Å². The lowest BCUT2D eigenvalue weighted by molar-refractivity contribution is 0.328. The highest BCUT2D eigenvalue weighted by molar-refractivity contribution is 7.88. The number of sulfonamides is 2. The lowest BCUT2D eigenvalue weighted by atomic mass is 10.1. The zero-order valence-corrected chi connectivity index (χ0v) is 12.4. The van der Waals surface area contributed by atoms with Crippen molar-refractivity contribution in [1.29, 1.82) is 0 Å². The molecule has 0 bridgehead atoms. The molecule has 8 heteroatoms. The Morgan fingerprint density at radius 2 is 1.53 bits per heavy atom. The Kier molecular flexibility index (Phi) is 6.06. The van der Waals surface area contributed by atoms with E-state index < -0.39 is 20.0 Å². The van der Waals surface area contributed by atoms with E-state index in [4.69, 9.17) is 0 Å². The van der Waals surface area contributed by atoms with E-state index in [-0.39, 0.29) is 12.6 Å². The lowest BCUT2D eigenvalue weighted by Crippen LogP contribution is -2.39. The Balaban J connectivity index is 4.55. The largest absolute Gasteiger partial charge is 0.213 e. The van der Waals surface area contributed by atoms with Crippen molar-refractivity contribution in [2.45, 2.75) is 18.9 Å². The highest BCUT2D eigenvalue weighted by Crippen LogP contribution is 2.11. The number of hydrogen-bond donors (Lipinski definition) is 0. The van der Waals surface area contributed by atoms with E-state index in [1.54, 1.807) is 0 Å². The molecule has 1 unspecified atom stereocenters. The zero-order valence-electron chi connectivity index (χ0n) is 10.7.